The number of anilines is 3. The molecule has 0 saturated carbocycles. The maximum Gasteiger partial charge on any atom is 0.276 e. The first-order chi connectivity index (χ1) is 12.5. The highest BCUT2D eigenvalue weighted by molar-refractivity contribution is 6.31. The lowest BCUT2D eigenvalue weighted by atomic mass is 10.2. The highest BCUT2D eigenvalue weighted by Gasteiger charge is 2.09. The van der Waals surface area contributed by atoms with E-state index in [0.717, 1.165) is 17.0 Å². The van der Waals surface area contributed by atoms with Crippen LogP contribution < -0.4 is 15.4 Å². The van der Waals surface area contributed by atoms with E-state index < -0.39 is 0 Å². The summed E-state index contributed by atoms with van der Waals surface area (Å²) in [7, 11) is 1.59. The molecule has 2 N–H and O–H groups in total. The van der Waals surface area contributed by atoms with E-state index in [2.05, 4.69) is 20.8 Å². The summed E-state index contributed by atoms with van der Waals surface area (Å²) in [5.74, 6) is 0.896. The molecule has 0 unspecified atom stereocenters. The summed E-state index contributed by atoms with van der Waals surface area (Å²) < 4.78 is 5.08. The van der Waals surface area contributed by atoms with E-state index in [9.17, 15) is 4.79 Å². The van der Waals surface area contributed by atoms with Gasteiger partial charge in [0.25, 0.3) is 5.91 Å². The van der Waals surface area contributed by atoms with Crippen LogP contribution in [-0.2, 0) is 0 Å². The number of nitrogens with zero attached hydrogens (tertiary/aromatic N) is 2. The van der Waals surface area contributed by atoms with E-state index in [1.807, 2.05) is 25.1 Å². The summed E-state index contributed by atoms with van der Waals surface area (Å²) in [5, 5.41) is 14.5. The van der Waals surface area contributed by atoms with Gasteiger partial charge in [-0.15, -0.1) is 10.2 Å². The summed E-state index contributed by atoms with van der Waals surface area (Å²) in [6.07, 6.45) is 0. The van der Waals surface area contributed by atoms with Gasteiger partial charge in [0, 0.05) is 16.4 Å². The van der Waals surface area contributed by atoms with Crippen LogP contribution in [0.5, 0.6) is 5.75 Å². The molecule has 6 nitrogen and oxygen atoms in total. The summed E-state index contributed by atoms with van der Waals surface area (Å²) in [6.45, 7) is 1.93. The topological polar surface area (TPSA) is 76.1 Å². The normalized spacial score (nSPS) is 10.3. The number of halogens is 1. The number of rotatable bonds is 5. The van der Waals surface area contributed by atoms with Crippen molar-refractivity contribution in [2.24, 2.45) is 0 Å². The molecular formula is C19H17ClN4O2. The quantitative estimate of drug-likeness (QED) is 0.696. The molecule has 26 heavy (non-hydrogen) atoms. The number of aromatic nitrogens is 2. The molecule has 0 saturated heterocycles. The van der Waals surface area contributed by atoms with Gasteiger partial charge in [0.15, 0.2) is 11.5 Å². The molecule has 1 aromatic heterocycles. The number of ether oxygens (including phenoxy) is 1. The number of benzene rings is 2. The monoisotopic (exact) mass is 368 g/mol. The van der Waals surface area contributed by atoms with Gasteiger partial charge in [-0.05, 0) is 61.0 Å². The number of hydrogen-bond donors (Lipinski definition) is 2. The molecular weight excluding hydrogens is 352 g/mol. The molecule has 3 aromatic rings. The summed E-state index contributed by atoms with van der Waals surface area (Å²) in [6, 6.07) is 15.9. The Bertz CT molecular complexity index is 912. The van der Waals surface area contributed by atoms with Crippen molar-refractivity contribution in [3.8, 4) is 5.75 Å². The summed E-state index contributed by atoms with van der Waals surface area (Å²) >= 11 is 6.11. The van der Waals surface area contributed by atoms with Gasteiger partial charge >= 0.3 is 0 Å². The number of nitrogens with one attached hydrogen (secondary N) is 2. The SMILES string of the molecule is COc1ccc(NC(=O)c2ccc(Nc3ccc(C)c(Cl)c3)nn2)cc1. The van der Waals surface area contributed by atoms with Crippen molar-refractivity contribution < 1.29 is 9.53 Å². The van der Waals surface area contributed by atoms with Crippen molar-refractivity contribution in [1.29, 1.82) is 0 Å². The molecule has 0 fully saturated rings. The molecule has 0 aliphatic carbocycles. The zero-order valence-corrected chi connectivity index (χ0v) is 15.0. The number of amides is 1. The van der Waals surface area contributed by atoms with E-state index in [1.165, 1.54) is 0 Å². The van der Waals surface area contributed by atoms with Gasteiger partial charge in [0.1, 0.15) is 5.75 Å². The van der Waals surface area contributed by atoms with Gasteiger partial charge in [-0.2, -0.15) is 0 Å². The van der Waals surface area contributed by atoms with Crippen molar-refractivity contribution in [3.05, 3.63) is 70.9 Å². The fraction of sp³-hybridized carbons (Fsp3) is 0.105. The zero-order chi connectivity index (χ0) is 18.5. The Morgan fingerprint density at radius 1 is 1.00 bits per heavy atom. The molecule has 0 radical (unpaired) electrons. The smallest absolute Gasteiger partial charge is 0.276 e. The van der Waals surface area contributed by atoms with Crippen LogP contribution in [-0.4, -0.2) is 23.2 Å². The Balaban J connectivity index is 1.66. The molecule has 1 amide bonds. The van der Waals surface area contributed by atoms with E-state index in [-0.39, 0.29) is 11.6 Å². The van der Waals surface area contributed by atoms with E-state index >= 15 is 0 Å². The largest absolute Gasteiger partial charge is 0.497 e. The third kappa shape index (κ3) is 4.29. The highest BCUT2D eigenvalue weighted by atomic mass is 35.5. The predicted octanol–water partition coefficient (Wildman–Crippen LogP) is 4.44. The van der Waals surface area contributed by atoms with Crippen LogP contribution in [0.4, 0.5) is 17.2 Å². The maximum atomic E-state index is 12.2. The molecule has 0 bridgehead atoms. The minimum atomic E-state index is -0.340. The van der Waals surface area contributed by atoms with Gasteiger partial charge in [-0.25, -0.2) is 0 Å². The molecule has 1 heterocycles. The lowest BCUT2D eigenvalue weighted by Gasteiger charge is -2.08. The average Bonchev–Trinajstić information content (AvgIpc) is 2.66. The fourth-order valence-electron chi connectivity index (χ4n) is 2.21. The minimum absolute atomic E-state index is 0.216. The van der Waals surface area contributed by atoms with Crippen molar-refractivity contribution in [3.63, 3.8) is 0 Å². The lowest BCUT2D eigenvalue weighted by Crippen LogP contribution is -2.14. The Morgan fingerprint density at radius 2 is 1.73 bits per heavy atom. The molecule has 0 atom stereocenters. The molecule has 3 rings (SSSR count). The van der Waals surface area contributed by atoms with Gasteiger partial charge in [-0.1, -0.05) is 17.7 Å². The Kier molecular flexibility index (Phi) is 5.34. The number of hydrogen-bond acceptors (Lipinski definition) is 5. The van der Waals surface area contributed by atoms with Crippen molar-refractivity contribution >= 4 is 34.7 Å². The van der Waals surface area contributed by atoms with Crippen molar-refractivity contribution in [1.82, 2.24) is 10.2 Å². The predicted molar refractivity (Wildman–Crippen MR) is 102 cm³/mol. The van der Waals surface area contributed by atoms with Crippen molar-refractivity contribution in [2.45, 2.75) is 6.92 Å². The van der Waals surface area contributed by atoms with Crippen LogP contribution in [0, 0.1) is 6.92 Å². The summed E-state index contributed by atoms with van der Waals surface area (Å²) in [5.41, 5.74) is 2.65. The van der Waals surface area contributed by atoms with Crippen LogP contribution in [0.15, 0.2) is 54.6 Å². The third-order valence-corrected chi connectivity index (χ3v) is 4.10. The molecule has 0 spiro atoms. The maximum absolute atomic E-state index is 12.2. The van der Waals surface area contributed by atoms with Gasteiger partial charge in [0.2, 0.25) is 0 Å². The summed E-state index contributed by atoms with van der Waals surface area (Å²) in [4.78, 5) is 12.2. The second-order valence-corrected chi connectivity index (χ2v) is 5.98. The number of carbonyl (C=O) groups excluding carboxylic acids is 1. The van der Waals surface area contributed by atoms with Crippen LogP contribution in [0.1, 0.15) is 16.1 Å². The number of carbonyl (C=O) groups is 1. The fourth-order valence-corrected chi connectivity index (χ4v) is 2.39. The van der Waals surface area contributed by atoms with E-state index in [4.69, 9.17) is 16.3 Å². The molecule has 132 valence electrons. The highest BCUT2D eigenvalue weighted by Crippen LogP contribution is 2.22. The second-order valence-electron chi connectivity index (χ2n) is 5.58. The Labute approximate surface area is 156 Å². The molecule has 0 aliphatic rings. The first-order valence-electron chi connectivity index (χ1n) is 7.87. The van der Waals surface area contributed by atoms with Crippen LogP contribution in [0.25, 0.3) is 0 Å². The van der Waals surface area contributed by atoms with Crippen molar-refractivity contribution in [2.75, 3.05) is 17.7 Å². The molecule has 7 heteroatoms. The van der Waals surface area contributed by atoms with E-state index in [0.29, 0.717) is 16.5 Å². The van der Waals surface area contributed by atoms with Crippen LogP contribution in [0.2, 0.25) is 5.02 Å². The van der Waals surface area contributed by atoms with Gasteiger partial charge in [0.05, 0.1) is 7.11 Å². The Morgan fingerprint density at radius 3 is 2.35 bits per heavy atom. The first-order valence-corrected chi connectivity index (χ1v) is 8.25. The van der Waals surface area contributed by atoms with Gasteiger partial charge in [-0.3, -0.25) is 4.79 Å². The molecule has 2 aromatic carbocycles. The van der Waals surface area contributed by atoms with Crippen LogP contribution >= 0.6 is 11.6 Å². The first kappa shape index (κ1) is 17.7. The lowest BCUT2D eigenvalue weighted by molar-refractivity contribution is 0.102. The zero-order valence-electron chi connectivity index (χ0n) is 14.3. The van der Waals surface area contributed by atoms with Gasteiger partial charge < -0.3 is 15.4 Å². The number of aryl methyl sites for hydroxylation is 1. The molecule has 0 aliphatic heterocycles. The Hall–Kier alpha value is -3.12. The standard InChI is InChI=1S/C19H17ClN4O2/c1-12-3-4-14(11-16(12)20)21-18-10-9-17(23-24-18)19(25)22-13-5-7-15(26-2)8-6-13/h3-11H,1-2H3,(H,21,24)(H,22,25). The van der Waals surface area contributed by atoms with E-state index in [1.54, 1.807) is 43.5 Å². The minimum Gasteiger partial charge on any atom is -0.497 e. The average molecular weight is 369 g/mol. The third-order valence-electron chi connectivity index (χ3n) is 3.69. The second kappa shape index (κ2) is 7.84. The van der Waals surface area contributed by atoms with Crippen LogP contribution in [0.3, 0.4) is 0 Å². The number of methoxy groups -OCH3 is 1.